The number of nitrogens with one attached hydrogen (secondary N) is 1. The van der Waals surface area contributed by atoms with Gasteiger partial charge in [-0.05, 0) is 24.5 Å². The number of para-hydroxylation sites is 1. The zero-order chi connectivity index (χ0) is 15.0. The Morgan fingerprint density at radius 3 is 2.55 bits per heavy atom. The molecule has 2 aromatic rings. The Morgan fingerprint density at radius 1 is 1.05 bits per heavy atom. The van der Waals surface area contributed by atoms with Gasteiger partial charge in [0.1, 0.15) is 5.75 Å². The lowest BCUT2D eigenvalue weighted by atomic mass is 9.93. The first-order valence-corrected chi connectivity index (χ1v) is 7.88. The molecule has 1 saturated carbocycles. The average Bonchev–Trinajstić information content (AvgIpc) is 3.38. The maximum Gasteiger partial charge on any atom is 0.231 e. The predicted molar refractivity (Wildman–Crippen MR) is 84.8 cm³/mol. The molecule has 1 N–H and O–H groups in total. The third kappa shape index (κ3) is 2.17. The quantitative estimate of drug-likeness (QED) is 0.942. The molecule has 0 bridgehead atoms. The van der Waals surface area contributed by atoms with Gasteiger partial charge in [0.2, 0.25) is 5.91 Å². The minimum atomic E-state index is -0.311. The van der Waals surface area contributed by atoms with Gasteiger partial charge in [0.05, 0.1) is 18.1 Å². The van der Waals surface area contributed by atoms with Gasteiger partial charge in [-0.2, -0.15) is 0 Å². The zero-order valence-corrected chi connectivity index (χ0v) is 12.4. The van der Waals surface area contributed by atoms with Crippen molar-refractivity contribution in [3.63, 3.8) is 0 Å². The highest BCUT2D eigenvalue weighted by Crippen LogP contribution is 2.49. The summed E-state index contributed by atoms with van der Waals surface area (Å²) >= 11 is 0. The molecule has 2 aromatic carbocycles. The van der Waals surface area contributed by atoms with Crippen molar-refractivity contribution in [1.29, 1.82) is 0 Å². The molecule has 2 aliphatic rings. The second-order valence-corrected chi connectivity index (χ2v) is 6.15. The second kappa shape index (κ2) is 5.16. The van der Waals surface area contributed by atoms with Crippen LogP contribution < -0.4 is 10.1 Å². The maximum absolute atomic E-state index is 12.9. The van der Waals surface area contributed by atoms with E-state index in [1.54, 1.807) is 0 Å². The highest BCUT2D eigenvalue weighted by atomic mass is 16.5. The summed E-state index contributed by atoms with van der Waals surface area (Å²) in [6.07, 6.45) is 2.70. The van der Waals surface area contributed by atoms with E-state index in [4.69, 9.17) is 4.74 Å². The number of benzene rings is 2. The molecule has 1 fully saturated rings. The van der Waals surface area contributed by atoms with Crippen LogP contribution in [-0.2, 0) is 10.2 Å². The molecule has 0 spiro atoms. The van der Waals surface area contributed by atoms with E-state index in [0.29, 0.717) is 6.61 Å². The molecular formula is C19H19NO2. The molecule has 112 valence electrons. The highest BCUT2D eigenvalue weighted by Gasteiger charge is 2.51. The molecular weight excluding hydrogens is 274 g/mol. The van der Waals surface area contributed by atoms with E-state index >= 15 is 0 Å². The number of carbonyl (C=O) groups excluding carboxylic acids is 1. The summed E-state index contributed by atoms with van der Waals surface area (Å²) in [5.74, 6) is 1.05. The lowest BCUT2D eigenvalue weighted by molar-refractivity contribution is -0.124. The molecule has 0 saturated heterocycles. The van der Waals surface area contributed by atoms with E-state index in [-0.39, 0.29) is 17.4 Å². The first-order chi connectivity index (χ1) is 10.8. The number of rotatable bonds is 3. The van der Waals surface area contributed by atoms with Crippen LogP contribution in [0.2, 0.25) is 0 Å². The summed E-state index contributed by atoms with van der Waals surface area (Å²) in [5, 5.41) is 3.26. The number of ether oxygens (including phenoxy) is 1. The molecule has 3 heteroatoms. The van der Waals surface area contributed by atoms with Crippen LogP contribution >= 0.6 is 0 Å². The summed E-state index contributed by atoms with van der Waals surface area (Å²) in [7, 11) is 0. The second-order valence-electron chi connectivity index (χ2n) is 6.15. The minimum Gasteiger partial charge on any atom is -0.493 e. The van der Waals surface area contributed by atoms with E-state index in [9.17, 15) is 4.79 Å². The highest BCUT2D eigenvalue weighted by molar-refractivity contribution is 5.91. The van der Waals surface area contributed by atoms with Crippen LogP contribution in [0.3, 0.4) is 0 Å². The standard InChI is InChI=1S/C19H19NO2/c21-18(19(11-12-19)14-6-2-1-3-7-14)20-16-10-13-22-17-9-5-4-8-15(16)17/h1-9,16H,10-13H2,(H,20,21)/t16-/m1/s1. The van der Waals surface area contributed by atoms with Crippen molar-refractivity contribution < 1.29 is 9.53 Å². The van der Waals surface area contributed by atoms with E-state index in [1.165, 1.54) is 0 Å². The lowest BCUT2D eigenvalue weighted by Gasteiger charge is -2.28. The Morgan fingerprint density at radius 2 is 1.77 bits per heavy atom. The van der Waals surface area contributed by atoms with Gasteiger partial charge in [0.15, 0.2) is 0 Å². The Labute approximate surface area is 130 Å². The van der Waals surface area contributed by atoms with Crippen LogP contribution in [0.1, 0.15) is 36.4 Å². The molecule has 1 aliphatic heterocycles. The summed E-state index contributed by atoms with van der Waals surface area (Å²) in [6, 6.07) is 18.2. The smallest absolute Gasteiger partial charge is 0.231 e. The number of fused-ring (bicyclic) bond motifs is 1. The molecule has 1 aliphatic carbocycles. The van der Waals surface area contributed by atoms with Crippen molar-refractivity contribution in [3.05, 3.63) is 65.7 Å². The topological polar surface area (TPSA) is 38.3 Å². The Hall–Kier alpha value is -2.29. The summed E-state index contributed by atoms with van der Waals surface area (Å²) < 4.78 is 5.67. The monoisotopic (exact) mass is 293 g/mol. The summed E-state index contributed by atoms with van der Waals surface area (Å²) in [5.41, 5.74) is 1.91. The number of hydrogen-bond acceptors (Lipinski definition) is 2. The van der Waals surface area contributed by atoms with Gasteiger partial charge in [-0.1, -0.05) is 48.5 Å². The molecule has 0 unspecified atom stereocenters. The molecule has 1 heterocycles. The van der Waals surface area contributed by atoms with Crippen molar-refractivity contribution in [3.8, 4) is 5.75 Å². The van der Waals surface area contributed by atoms with E-state index in [1.807, 2.05) is 42.5 Å². The van der Waals surface area contributed by atoms with Gasteiger partial charge < -0.3 is 10.1 Å². The van der Waals surface area contributed by atoms with Gasteiger partial charge >= 0.3 is 0 Å². The average molecular weight is 293 g/mol. The number of hydrogen-bond donors (Lipinski definition) is 1. The Bertz CT molecular complexity index is 692. The maximum atomic E-state index is 12.9. The predicted octanol–water partition coefficient (Wildman–Crippen LogP) is 3.36. The Balaban J connectivity index is 1.57. The van der Waals surface area contributed by atoms with Crippen LogP contribution in [0.4, 0.5) is 0 Å². The lowest BCUT2D eigenvalue weighted by Crippen LogP contribution is -2.39. The fourth-order valence-electron chi connectivity index (χ4n) is 3.32. The van der Waals surface area contributed by atoms with Crippen LogP contribution in [0.25, 0.3) is 0 Å². The summed E-state index contributed by atoms with van der Waals surface area (Å²) in [4.78, 5) is 12.9. The van der Waals surface area contributed by atoms with Crippen molar-refractivity contribution in [1.82, 2.24) is 5.32 Å². The third-order valence-electron chi connectivity index (χ3n) is 4.77. The van der Waals surface area contributed by atoms with Crippen molar-refractivity contribution in [2.75, 3.05) is 6.61 Å². The van der Waals surface area contributed by atoms with E-state index < -0.39 is 0 Å². The van der Waals surface area contributed by atoms with Crippen LogP contribution in [0.5, 0.6) is 5.75 Å². The molecule has 1 amide bonds. The largest absolute Gasteiger partial charge is 0.493 e. The van der Waals surface area contributed by atoms with Crippen molar-refractivity contribution >= 4 is 5.91 Å². The first kappa shape index (κ1) is 13.4. The third-order valence-corrected chi connectivity index (χ3v) is 4.77. The fraction of sp³-hybridized carbons (Fsp3) is 0.316. The van der Waals surface area contributed by atoms with Gasteiger partial charge in [-0.25, -0.2) is 0 Å². The molecule has 3 nitrogen and oxygen atoms in total. The first-order valence-electron chi connectivity index (χ1n) is 7.88. The Kier molecular flexibility index (Phi) is 3.14. The van der Waals surface area contributed by atoms with Crippen molar-refractivity contribution in [2.45, 2.75) is 30.7 Å². The minimum absolute atomic E-state index is 0.0543. The zero-order valence-electron chi connectivity index (χ0n) is 12.4. The fourth-order valence-corrected chi connectivity index (χ4v) is 3.32. The SMILES string of the molecule is O=C(N[C@@H]1CCOc2ccccc21)C1(c2ccccc2)CC1. The van der Waals surface area contributed by atoms with Gasteiger partial charge in [0, 0.05) is 12.0 Å². The molecule has 22 heavy (non-hydrogen) atoms. The van der Waals surface area contributed by atoms with E-state index in [0.717, 1.165) is 36.1 Å². The van der Waals surface area contributed by atoms with Crippen LogP contribution in [0.15, 0.2) is 54.6 Å². The molecule has 4 rings (SSSR count). The molecule has 1 atom stereocenters. The molecule has 0 aromatic heterocycles. The van der Waals surface area contributed by atoms with Gasteiger partial charge in [0.25, 0.3) is 0 Å². The number of amides is 1. The van der Waals surface area contributed by atoms with Crippen LogP contribution in [-0.4, -0.2) is 12.5 Å². The normalized spacial score (nSPS) is 21.4. The molecule has 0 radical (unpaired) electrons. The van der Waals surface area contributed by atoms with Crippen molar-refractivity contribution in [2.24, 2.45) is 0 Å². The van der Waals surface area contributed by atoms with Gasteiger partial charge in [-0.3, -0.25) is 4.79 Å². The number of carbonyl (C=O) groups is 1. The van der Waals surface area contributed by atoms with Crippen LogP contribution in [0, 0.1) is 0 Å². The van der Waals surface area contributed by atoms with E-state index in [2.05, 4.69) is 17.4 Å². The summed E-state index contributed by atoms with van der Waals surface area (Å²) in [6.45, 7) is 0.653. The van der Waals surface area contributed by atoms with Gasteiger partial charge in [-0.15, -0.1) is 0 Å².